The predicted molar refractivity (Wildman–Crippen MR) is 75.0 cm³/mol. The van der Waals surface area contributed by atoms with Gasteiger partial charge in [-0.25, -0.2) is 4.98 Å². The van der Waals surface area contributed by atoms with Crippen LogP contribution < -0.4 is 5.32 Å². The minimum absolute atomic E-state index is 0.719. The van der Waals surface area contributed by atoms with Crippen LogP contribution in [0, 0.1) is 0 Å². The summed E-state index contributed by atoms with van der Waals surface area (Å²) in [7, 11) is 0. The van der Waals surface area contributed by atoms with E-state index in [1.807, 2.05) is 0 Å². The van der Waals surface area contributed by atoms with Crippen molar-refractivity contribution in [2.45, 2.75) is 32.4 Å². The quantitative estimate of drug-likeness (QED) is 0.916. The first-order chi connectivity index (χ1) is 8.86. The number of aromatic nitrogens is 2. The lowest BCUT2D eigenvalue weighted by Gasteiger charge is -2.33. The van der Waals surface area contributed by atoms with E-state index in [2.05, 4.69) is 44.3 Å². The molecule has 0 radical (unpaired) electrons. The number of rotatable bonds is 4. The highest BCUT2D eigenvalue weighted by Gasteiger charge is 2.20. The van der Waals surface area contributed by atoms with Crippen LogP contribution in [-0.2, 0) is 6.54 Å². The maximum atomic E-state index is 4.68. The summed E-state index contributed by atoms with van der Waals surface area (Å²) >= 11 is 1.70. The lowest BCUT2D eigenvalue weighted by molar-refractivity contribution is 0.160. The molecule has 0 unspecified atom stereocenters. The van der Waals surface area contributed by atoms with Crippen LogP contribution in [0.1, 0.15) is 25.5 Å². The van der Waals surface area contributed by atoms with E-state index in [9.17, 15) is 0 Å². The van der Waals surface area contributed by atoms with E-state index in [-0.39, 0.29) is 0 Å². The van der Waals surface area contributed by atoms with Crippen LogP contribution in [-0.4, -0.2) is 40.0 Å². The Morgan fingerprint density at radius 3 is 3.06 bits per heavy atom. The molecule has 1 N–H and O–H groups in total. The van der Waals surface area contributed by atoms with Crippen molar-refractivity contribution in [1.29, 1.82) is 0 Å². The zero-order valence-corrected chi connectivity index (χ0v) is 11.6. The molecule has 1 saturated heterocycles. The Labute approximate surface area is 112 Å². The van der Waals surface area contributed by atoms with Gasteiger partial charge in [-0.15, -0.1) is 11.3 Å². The molecular formula is C13H20N4S. The molecule has 2 aromatic heterocycles. The number of hydrogen-bond donors (Lipinski definition) is 1. The van der Waals surface area contributed by atoms with Crippen molar-refractivity contribution < 1.29 is 0 Å². The molecule has 1 fully saturated rings. The number of thiazole rings is 1. The Hall–Kier alpha value is -0.910. The zero-order valence-electron chi connectivity index (χ0n) is 10.8. The van der Waals surface area contributed by atoms with E-state index in [1.165, 1.54) is 18.5 Å². The smallest absolute Gasteiger partial charge is 0.193 e. The largest absolute Gasteiger partial charge is 0.317 e. The number of fused-ring (bicyclic) bond motifs is 1. The van der Waals surface area contributed by atoms with Crippen molar-refractivity contribution in [1.82, 2.24) is 19.6 Å². The summed E-state index contributed by atoms with van der Waals surface area (Å²) in [5.74, 6) is 0. The Balaban J connectivity index is 1.70. The van der Waals surface area contributed by atoms with E-state index in [4.69, 9.17) is 0 Å². The highest BCUT2D eigenvalue weighted by Crippen LogP contribution is 2.17. The van der Waals surface area contributed by atoms with Gasteiger partial charge in [-0.3, -0.25) is 9.30 Å². The van der Waals surface area contributed by atoms with Crippen molar-refractivity contribution in [3.8, 4) is 0 Å². The SMILES string of the molecule is CCN(Cc1cn2ccsc2n1)C1CCNCC1. The molecule has 0 amide bonds. The second-order valence-electron chi connectivity index (χ2n) is 4.87. The summed E-state index contributed by atoms with van der Waals surface area (Å²) in [6.07, 6.45) is 6.76. The molecule has 0 atom stereocenters. The average molecular weight is 264 g/mol. The van der Waals surface area contributed by atoms with Crippen LogP contribution in [0.15, 0.2) is 17.8 Å². The Morgan fingerprint density at radius 1 is 1.50 bits per heavy atom. The lowest BCUT2D eigenvalue weighted by atomic mass is 10.0. The molecule has 98 valence electrons. The molecule has 3 heterocycles. The molecule has 1 aliphatic rings. The molecule has 3 rings (SSSR count). The van der Waals surface area contributed by atoms with Gasteiger partial charge in [0, 0.05) is 30.4 Å². The predicted octanol–water partition coefficient (Wildman–Crippen LogP) is 1.97. The monoisotopic (exact) mass is 264 g/mol. The van der Waals surface area contributed by atoms with E-state index in [0.29, 0.717) is 0 Å². The van der Waals surface area contributed by atoms with Crippen LogP contribution in [0.2, 0.25) is 0 Å². The molecule has 0 saturated carbocycles. The zero-order chi connectivity index (χ0) is 12.4. The Morgan fingerprint density at radius 2 is 2.33 bits per heavy atom. The topological polar surface area (TPSA) is 32.6 Å². The first kappa shape index (κ1) is 12.1. The fourth-order valence-corrected chi connectivity index (χ4v) is 3.45. The maximum Gasteiger partial charge on any atom is 0.193 e. The van der Waals surface area contributed by atoms with Gasteiger partial charge < -0.3 is 5.32 Å². The van der Waals surface area contributed by atoms with E-state index < -0.39 is 0 Å². The second-order valence-corrected chi connectivity index (χ2v) is 5.74. The molecule has 1 aliphatic heterocycles. The maximum absolute atomic E-state index is 4.68. The van der Waals surface area contributed by atoms with Crippen LogP contribution in [0.3, 0.4) is 0 Å². The van der Waals surface area contributed by atoms with Crippen LogP contribution in [0.4, 0.5) is 0 Å². The number of nitrogens with one attached hydrogen (secondary N) is 1. The normalized spacial score (nSPS) is 17.9. The molecule has 18 heavy (non-hydrogen) atoms. The van der Waals surface area contributed by atoms with Gasteiger partial charge in [0.05, 0.1) is 5.69 Å². The van der Waals surface area contributed by atoms with Crippen molar-refractivity contribution >= 4 is 16.3 Å². The molecule has 5 heteroatoms. The molecule has 4 nitrogen and oxygen atoms in total. The Kier molecular flexibility index (Phi) is 3.63. The van der Waals surface area contributed by atoms with Gasteiger partial charge in [0.15, 0.2) is 4.96 Å². The standard InChI is InChI=1S/C13H20N4S/c1-2-16(12-3-5-14-6-4-12)9-11-10-17-7-8-18-13(17)15-11/h7-8,10,12,14H,2-6,9H2,1H3. The highest BCUT2D eigenvalue weighted by molar-refractivity contribution is 7.15. The lowest BCUT2D eigenvalue weighted by Crippen LogP contribution is -2.42. The van der Waals surface area contributed by atoms with E-state index >= 15 is 0 Å². The number of nitrogens with zero attached hydrogens (tertiary/aromatic N) is 3. The first-order valence-electron chi connectivity index (χ1n) is 6.72. The van der Waals surface area contributed by atoms with Crippen LogP contribution in [0.25, 0.3) is 4.96 Å². The van der Waals surface area contributed by atoms with Gasteiger partial charge in [-0.2, -0.15) is 0 Å². The van der Waals surface area contributed by atoms with Crippen molar-refractivity contribution in [3.63, 3.8) is 0 Å². The summed E-state index contributed by atoms with van der Waals surface area (Å²) in [5.41, 5.74) is 1.20. The summed E-state index contributed by atoms with van der Waals surface area (Å²) in [6.45, 7) is 6.64. The van der Waals surface area contributed by atoms with Crippen LogP contribution in [0.5, 0.6) is 0 Å². The Bertz CT molecular complexity index is 469. The minimum atomic E-state index is 0.719. The molecule has 2 aromatic rings. The van der Waals surface area contributed by atoms with Crippen molar-refractivity contribution in [3.05, 3.63) is 23.5 Å². The van der Waals surface area contributed by atoms with E-state index in [1.54, 1.807) is 11.3 Å². The molecule has 0 aliphatic carbocycles. The second kappa shape index (κ2) is 5.38. The molecule has 0 aromatic carbocycles. The number of imidazole rings is 1. The fraction of sp³-hybridized carbons (Fsp3) is 0.615. The van der Waals surface area contributed by atoms with Crippen molar-refractivity contribution in [2.75, 3.05) is 19.6 Å². The number of piperidine rings is 1. The minimum Gasteiger partial charge on any atom is -0.317 e. The molecule has 0 bridgehead atoms. The van der Waals surface area contributed by atoms with Gasteiger partial charge in [-0.05, 0) is 32.5 Å². The molecule has 0 spiro atoms. The van der Waals surface area contributed by atoms with Crippen LogP contribution >= 0.6 is 11.3 Å². The third-order valence-electron chi connectivity index (χ3n) is 3.74. The summed E-state index contributed by atoms with van der Waals surface area (Å²) < 4.78 is 2.12. The third kappa shape index (κ3) is 2.43. The average Bonchev–Trinajstić information content (AvgIpc) is 2.97. The first-order valence-corrected chi connectivity index (χ1v) is 7.60. The van der Waals surface area contributed by atoms with Gasteiger partial charge >= 0.3 is 0 Å². The van der Waals surface area contributed by atoms with Gasteiger partial charge in [0.25, 0.3) is 0 Å². The summed E-state index contributed by atoms with van der Waals surface area (Å²) in [5, 5.41) is 5.51. The fourth-order valence-electron chi connectivity index (χ4n) is 2.73. The molecular weight excluding hydrogens is 244 g/mol. The van der Waals surface area contributed by atoms with Gasteiger partial charge in [0.1, 0.15) is 0 Å². The van der Waals surface area contributed by atoms with Gasteiger partial charge in [0.2, 0.25) is 0 Å². The summed E-state index contributed by atoms with van der Waals surface area (Å²) in [4.78, 5) is 8.35. The van der Waals surface area contributed by atoms with Gasteiger partial charge in [-0.1, -0.05) is 6.92 Å². The van der Waals surface area contributed by atoms with Crippen molar-refractivity contribution in [2.24, 2.45) is 0 Å². The number of hydrogen-bond acceptors (Lipinski definition) is 4. The highest BCUT2D eigenvalue weighted by atomic mass is 32.1. The third-order valence-corrected chi connectivity index (χ3v) is 4.51. The van der Waals surface area contributed by atoms with E-state index in [0.717, 1.165) is 37.2 Å². The summed E-state index contributed by atoms with van der Waals surface area (Å²) in [6, 6.07) is 0.719.